The van der Waals surface area contributed by atoms with E-state index in [2.05, 4.69) is 15.6 Å². The van der Waals surface area contributed by atoms with Gasteiger partial charge in [0.1, 0.15) is 0 Å². The minimum absolute atomic E-state index is 0.0913. The van der Waals surface area contributed by atoms with Crippen LogP contribution in [-0.2, 0) is 17.8 Å². The molecular formula is C19H21N3O2S. The lowest BCUT2D eigenvalue weighted by molar-refractivity contribution is 0.0621. The summed E-state index contributed by atoms with van der Waals surface area (Å²) in [5, 5.41) is 3.02. The first-order valence-corrected chi connectivity index (χ1v) is 9.46. The Labute approximate surface area is 150 Å². The lowest BCUT2D eigenvalue weighted by Gasteiger charge is -2.24. The third-order valence-electron chi connectivity index (χ3n) is 4.64. The molecule has 1 aliphatic rings. The number of fused-ring (bicyclic) bond motifs is 2. The van der Waals surface area contributed by atoms with Crippen LogP contribution in [0, 0.1) is 5.92 Å². The number of rotatable bonds is 4. The van der Waals surface area contributed by atoms with Gasteiger partial charge in [-0.15, -0.1) is 11.3 Å². The molecule has 0 saturated carbocycles. The van der Waals surface area contributed by atoms with Crippen LogP contribution in [0.4, 0.5) is 0 Å². The minimum Gasteiger partial charge on any atom is -0.381 e. The molecule has 25 heavy (non-hydrogen) atoms. The van der Waals surface area contributed by atoms with Gasteiger partial charge in [0.2, 0.25) is 0 Å². The summed E-state index contributed by atoms with van der Waals surface area (Å²) in [5.74, 6) is 0.359. The highest BCUT2D eigenvalue weighted by Gasteiger charge is 2.27. The topological polar surface area (TPSA) is 47.4 Å². The third kappa shape index (κ3) is 3.19. The average molecular weight is 355 g/mol. The third-order valence-corrected chi connectivity index (χ3v) is 5.60. The maximum atomic E-state index is 13.2. The summed E-state index contributed by atoms with van der Waals surface area (Å²) in [6.07, 6.45) is 3.71. The molecule has 0 spiro atoms. The van der Waals surface area contributed by atoms with Crippen molar-refractivity contribution < 1.29 is 9.53 Å². The van der Waals surface area contributed by atoms with Crippen LogP contribution >= 0.6 is 11.3 Å². The van der Waals surface area contributed by atoms with Gasteiger partial charge in [-0.1, -0.05) is 18.2 Å². The van der Waals surface area contributed by atoms with E-state index in [9.17, 15) is 4.79 Å². The van der Waals surface area contributed by atoms with Gasteiger partial charge in [0.05, 0.1) is 30.7 Å². The Hall–Kier alpha value is -2.18. The second-order valence-electron chi connectivity index (χ2n) is 6.39. The quantitative estimate of drug-likeness (QED) is 0.721. The van der Waals surface area contributed by atoms with Crippen molar-refractivity contribution >= 4 is 27.3 Å². The molecule has 0 bridgehead atoms. The molecule has 3 aromatic rings. The fourth-order valence-electron chi connectivity index (χ4n) is 3.41. The summed E-state index contributed by atoms with van der Waals surface area (Å²) < 4.78 is 8.93. The van der Waals surface area contributed by atoms with Crippen molar-refractivity contribution in [2.75, 3.05) is 19.8 Å². The molecule has 1 aliphatic heterocycles. The maximum absolute atomic E-state index is 13.2. The maximum Gasteiger partial charge on any atom is 0.255 e. The normalized spacial score (nSPS) is 17.5. The van der Waals surface area contributed by atoms with Crippen LogP contribution < -0.4 is 0 Å². The molecule has 0 N–H and O–H groups in total. The number of ether oxygens (including phenoxy) is 1. The van der Waals surface area contributed by atoms with Gasteiger partial charge in [-0.05, 0) is 13.0 Å². The fourth-order valence-corrected chi connectivity index (χ4v) is 4.34. The zero-order valence-electron chi connectivity index (χ0n) is 14.2. The van der Waals surface area contributed by atoms with Crippen molar-refractivity contribution in [3.63, 3.8) is 0 Å². The summed E-state index contributed by atoms with van der Waals surface area (Å²) in [4.78, 5) is 19.4. The van der Waals surface area contributed by atoms with Crippen molar-refractivity contribution in [2.45, 2.75) is 20.0 Å². The minimum atomic E-state index is 0.0913. The van der Waals surface area contributed by atoms with Gasteiger partial charge in [0.25, 0.3) is 5.91 Å². The summed E-state index contributed by atoms with van der Waals surface area (Å²) >= 11 is 1.62. The van der Waals surface area contributed by atoms with Crippen LogP contribution in [0.3, 0.4) is 0 Å². The standard InChI is InChI=1S/C19H21N3O2S/c1-2-24-11-14-8-21(10-15-7-20-13-22(15)9-14)19(23)17-12-25-18-6-4-3-5-16(17)18/h3-7,12-14H,2,8-11H2,1H3/t14-/m0/s1. The molecule has 3 heterocycles. The Balaban J connectivity index is 1.64. The first-order chi connectivity index (χ1) is 12.3. The second kappa shape index (κ2) is 6.98. The van der Waals surface area contributed by atoms with Crippen molar-refractivity contribution in [1.29, 1.82) is 0 Å². The van der Waals surface area contributed by atoms with Gasteiger partial charge in [0, 0.05) is 47.3 Å². The summed E-state index contributed by atoms with van der Waals surface area (Å²) in [6, 6.07) is 8.09. The van der Waals surface area contributed by atoms with Crippen LogP contribution in [0.2, 0.25) is 0 Å². The molecule has 130 valence electrons. The summed E-state index contributed by atoms with van der Waals surface area (Å²) in [6.45, 7) is 5.47. The highest BCUT2D eigenvalue weighted by molar-refractivity contribution is 7.17. The van der Waals surface area contributed by atoms with Crippen LogP contribution in [0.1, 0.15) is 23.0 Å². The van der Waals surface area contributed by atoms with Gasteiger partial charge < -0.3 is 14.2 Å². The highest BCUT2D eigenvalue weighted by Crippen LogP contribution is 2.28. The molecule has 5 nitrogen and oxygen atoms in total. The molecular weight excluding hydrogens is 334 g/mol. The smallest absolute Gasteiger partial charge is 0.255 e. The van der Waals surface area contributed by atoms with Crippen LogP contribution in [0.25, 0.3) is 10.1 Å². The molecule has 0 fully saturated rings. The van der Waals surface area contributed by atoms with Gasteiger partial charge in [0.15, 0.2) is 0 Å². The van der Waals surface area contributed by atoms with Crippen LogP contribution in [-0.4, -0.2) is 40.1 Å². The Morgan fingerprint density at radius 1 is 1.36 bits per heavy atom. The molecule has 1 amide bonds. The first kappa shape index (κ1) is 16.3. The number of hydrogen-bond acceptors (Lipinski definition) is 4. The fraction of sp³-hybridized carbons (Fsp3) is 0.368. The number of amides is 1. The van der Waals surface area contributed by atoms with E-state index in [1.807, 2.05) is 47.9 Å². The van der Waals surface area contributed by atoms with Gasteiger partial charge in [-0.2, -0.15) is 0 Å². The monoisotopic (exact) mass is 355 g/mol. The van der Waals surface area contributed by atoms with Gasteiger partial charge >= 0.3 is 0 Å². The number of hydrogen-bond donors (Lipinski definition) is 0. The summed E-state index contributed by atoms with van der Waals surface area (Å²) in [5.41, 5.74) is 1.87. The predicted molar refractivity (Wildman–Crippen MR) is 98.8 cm³/mol. The van der Waals surface area contributed by atoms with Crippen molar-refractivity contribution in [2.24, 2.45) is 5.92 Å². The number of carbonyl (C=O) groups excluding carboxylic acids is 1. The first-order valence-electron chi connectivity index (χ1n) is 8.58. The van der Waals surface area contributed by atoms with E-state index in [0.717, 1.165) is 27.9 Å². The summed E-state index contributed by atoms with van der Waals surface area (Å²) in [7, 11) is 0. The molecule has 1 aromatic carbocycles. The number of benzene rings is 1. The van der Waals surface area contributed by atoms with E-state index < -0.39 is 0 Å². The zero-order chi connectivity index (χ0) is 17.2. The molecule has 6 heteroatoms. The number of imidazole rings is 1. The van der Waals surface area contributed by atoms with E-state index in [4.69, 9.17) is 4.74 Å². The number of thiophene rings is 1. The van der Waals surface area contributed by atoms with E-state index in [1.54, 1.807) is 11.3 Å². The van der Waals surface area contributed by atoms with E-state index in [1.165, 1.54) is 0 Å². The van der Waals surface area contributed by atoms with Gasteiger partial charge in [-0.3, -0.25) is 4.79 Å². The molecule has 2 aromatic heterocycles. The number of carbonyl (C=O) groups is 1. The van der Waals surface area contributed by atoms with Gasteiger partial charge in [-0.25, -0.2) is 4.98 Å². The Morgan fingerprint density at radius 2 is 2.24 bits per heavy atom. The molecule has 1 atom stereocenters. The molecule has 0 radical (unpaired) electrons. The van der Waals surface area contributed by atoms with Crippen molar-refractivity contribution in [3.8, 4) is 0 Å². The van der Waals surface area contributed by atoms with E-state index >= 15 is 0 Å². The van der Waals surface area contributed by atoms with E-state index in [-0.39, 0.29) is 11.8 Å². The average Bonchev–Trinajstić information content (AvgIpc) is 3.21. The molecule has 0 unspecified atom stereocenters. The molecule has 4 rings (SSSR count). The van der Waals surface area contributed by atoms with Crippen LogP contribution in [0.5, 0.6) is 0 Å². The lowest BCUT2D eigenvalue weighted by atomic mass is 10.1. The Bertz CT molecular complexity index is 886. The lowest BCUT2D eigenvalue weighted by Crippen LogP contribution is -2.35. The Kier molecular flexibility index (Phi) is 4.55. The van der Waals surface area contributed by atoms with Crippen molar-refractivity contribution in [1.82, 2.24) is 14.5 Å². The number of aromatic nitrogens is 2. The van der Waals surface area contributed by atoms with Crippen LogP contribution in [0.15, 0.2) is 42.2 Å². The predicted octanol–water partition coefficient (Wildman–Crippen LogP) is 3.41. The number of nitrogens with zero attached hydrogens (tertiary/aromatic N) is 3. The largest absolute Gasteiger partial charge is 0.381 e. The zero-order valence-corrected chi connectivity index (χ0v) is 15.0. The molecule has 0 aliphatic carbocycles. The van der Waals surface area contributed by atoms with Crippen molar-refractivity contribution in [3.05, 3.63) is 53.4 Å². The molecule has 0 saturated heterocycles. The van der Waals surface area contributed by atoms with E-state index in [0.29, 0.717) is 26.3 Å². The SMILES string of the molecule is CCOC[C@H]1CN(C(=O)c2csc3ccccc23)Cc2cncn2C1. The second-order valence-corrected chi connectivity index (χ2v) is 7.31. The highest BCUT2D eigenvalue weighted by atomic mass is 32.1. The Morgan fingerprint density at radius 3 is 3.12 bits per heavy atom.